The first-order chi connectivity index (χ1) is 12.9. The van der Waals surface area contributed by atoms with Crippen LogP contribution < -0.4 is 15.4 Å². The number of nitro groups is 1. The summed E-state index contributed by atoms with van der Waals surface area (Å²) < 4.78 is 10.6. The Kier molecular flexibility index (Phi) is 7.50. The standard InChI is InChI=1S/C17H23N3O7/c1-2-26-11-5-6-13(15(8-11)20(24)25)19-16(21)9-14(17(22)23)18-10-12-4-3-7-27-12/h5-6,8,12,14,18H,2-4,7,9-10H2,1H3,(H,19,21)(H,22,23)/t12-,14-/m1/s1. The lowest BCUT2D eigenvalue weighted by molar-refractivity contribution is -0.384. The first kappa shape index (κ1) is 20.6. The summed E-state index contributed by atoms with van der Waals surface area (Å²) >= 11 is 0. The van der Waals surface area contributed by atoms with E-state index in [1.165, 1.54) is 18.2 Å². The van der Waals surface area contributed by atoms with Crippen molar-refractivity contribution in [3.63, 3.8) is 0 Å². The molecule has 0 aliphatic carbocycles. The van der Waals surface area contributed by atoms with Gasteiger partial charge in [-0.1, -0.05) is 0 Å². The number of nitrogens with zero attached hydrogens (tertiary/aromatic N) is 1. The van der Waals surface area contributed by atoms with Gasteiger partial charge in [-0.2, -0.15) is 0 Å². The first-order valence-electron chi connectivity index (χ1n) is 8.69. The number of benzene rings is 1. The molecular formula is C17H23N3O7. The molecule has 1 fully saturated rings. The number of ether oxygens (including phenoxy) is 2. The summed E-state index contributed by atoms with van der Waals surface area (Å²) in [4.78, 5) is 34.2. The molecule has 27 heavy (non-hydrogen) atoms. The Balaban J connectivity index is 1.99. The zero-order chi connectivity index (χ0) is 19.8. The van der Waals surface area contributed by atoms with Gasteiger partial charge in [0.2, 0.25) is 5.91 Å². The lowest BCUT2D eigenvalue weighted by atomic mass is 10.1. The fourth-order valence-electron chi connectivity index (χ4n) is 2.74. The van der Waals surface area contributed by atoms with Gasteiger partial charge >= 0.3 is 5.97 Å². The molecule has 0 unspecified atom stereocenters. The van der Waals surface area contributed by atoms with Gasteiger partial charge < -0.3 is 25.2 Å². The summed E-state index contributed by atoms with van der Waals surface area (Å²) in [5.41, 5.74) is -0.342. The molecular weight excluding hydrogens is 358 g/mol. The third-order valence-electron chi connectivity index (χ3n) is 4.05. The van der Waals surface area contributed by atoms with Gasteiger partial charge in [0, 0.05) is 13.2 Å². The molecule has 1 amide bonds. The number of nitro benzene ring substituents is 1. The van der Waals surface area contributed by atoms with Crippen LogP contribution >= 0.6 is 0 Å². The average molecular weight is 381 g/mol. The third-order valence-corrected chi connectivity index (χ3v) is 4.05. The van der Waals surface area contributed by atoms with E-state index in [9.17, 15) is 24.8 Å². The Hall–Kier alpha value is -2.72. The SMILES string of the molecule is CCOc1ccc(NC(=O)C[C@@H](NC[C@H]2CCCO2)C(=O)O)c([N+](=O)[O-])c1. The molecule has 2 atom stereocenters. The summed E-state index contributed by atoms with van der Waals surface area (Å²) in [5, 5.41) is 25.7. The van der Waals surface area contributed by atoms with Crippen LogP contribution in [0.1, 0.15) is 26.2 Å². The smallest absolute Gasteiger partial charge is 0.321 e. The minimum Gasteiger partial charge on any atom is -0.494 e. The normalized spacial score (nSPS) is 17.3. The maximum atomic E-state index is 12.2. The molecule has 10 nitrogen and oxygen atoms in total. The maximum Gasteiger partial charge on any atom is 0.321 e. The van der Waals surface area contributed by atoms with Gasteiger partial charge in [0.1, 0.15) is 17.5 Å². The van der Waals surface area contributed by atoms with Crippen molar-refractivity contribution in [1.29, 1.82) is 0 Å². The third kappa shape index (κ3) is 6.19. The number of hydrogen-bond donors (Lipinski definition) is 3. The molecule has 0 aromatic heterocycles. The summed E-state index contributed by atoms with van der Waals surface area (Å²) in [6.07, 6.45) is 1.32. The van der Waals surface area contributed by atoms with Crippen molar-refractivity contribution in [2.45, 2.75) is 38.3 Å². The minimum absolute atomic E-state index is 0.0169. The summed E-state index contributed by atoms with van der Waals surface area (Å²) in [6.45, 7) is 3.07. The largest absolute Gasteiger partial charge is 0.494 e. The van der Waals surface area contributed by atoms with E-state index in [4.69, 9.17) is 9.47 Å². The van der Waals surface area contributed by atoms with Crippen LogP contribution in [-0.2, 0) is 14.3 Å². The Morgan fingerprint density at radius 2 is 2.26 bits per heavy atom. The van der Waals surface area contributed by atoms with Crippen LogP contribution in [0, 0.1) is 10.1 Å². The number of carbonyl (C=O) groups excluding carboxylic acids is 1. The van der Waals surface area contributed by atoms with E-state index in [1.807, 2.05) is 0 Å². The molecule has 0 radical (unpaired) electrons. The molecule has 1 heterocycles. The number of hydrogen-bond acceptors (Lipinski definition) is 7. The van der Waals surface area contributed by atoms with E-state index in [-0.39, 0.29) is 23.9 Å². The zero-order valence-electron chi connectivity index (χ0n) is 15.0. The van der Waals surface area contributed by atoms with Gasteiger partial charge in [-0.15, -0.1) is 0 Å². The highest BCUT2D eigenvalue weighted by atomic mass is 16.6. The number of anilines is 1. The number of rotatable bonds is 10. The molecule has 10 heteroatoms. The van der Waals surface area contributed by atoms with Crippen molar-refractivity contribution >= 4 is 23.3 Å². The van der Waals surface area contributed by atoms with Crippen molar-refractivity contribution < 1.29 is 29.1 Å². The second-order valence-electron chi connectivity index (χ2n) is 6.06. The Bertz CT molecular complexity index is 689. The highest BCUT2D eigenvalue weighted by molar-refractivity contribution is 5.95. The topological polar surface area (TPSA) is 140 Å². The number of carboxylic acids is 1. The number of carboxylic acid groups (broad SMARTS) is 1. The number of carbonyl (C=O) groups is 2. The number of aliphatic carboxylic acids is 1. The van der Waals surface area contributed by atoms with E-state index in [2.05, 4.69) is 10.6 Å². The van der Waals surface area contributed by atoms with Crippen LogP contribution in [0.3, 0.4) is 0 Å². The van der Waals surface area contributed by atoms with Gasteiger partial charge in [-0.05, 0) is 31.9 Å². The molecule has 1 aromatic rings. The lowest BCUT2D eigenvalue weighted by Gasteiger charge is -2.17. The summed E-state index contributed by atoms with van der Waals surface area (Å²) in [7, 11) is 0. The Labute approximate surface area is 156 Å². The molecule has 0 saturated carbocycles. The van der Waals surface area contributed by atoms with Crippen LogP contribution in [-0.4, -0.2) is 53.8 Å². The molecule has 1 aliphatic rings. The van der Waals surface area contributed by atoms with Crippen LogP contribution in [0.25, 0.3) is 0 Å². The van der Waals surface area contributed by atoms with Crippen molar-refractivity contribution in [2.24, 2.45) is 0 Å². The highest BCUT2D eigenvalue weighted by Gasteiger charge is 2.25. The van der Waals surface area contributed by atoms with Crippen molar-refractivity contribution in [2.75, 3.05) is 25.1 Å². The fourth-order valence-corrected chi connectivity index (χ4v) is 2.74. The van der Waals surface area contributed by atoms with E-state index in [0.29, 0.717) is 25.5 Å². The Morgan fingerprint density at radius 3 is 2.85 bits per heavy atom. The van der Waals surface area contributed by atoms with Gasteiger partial charge in [0.25, 0.3) is 5.69 Å². The second-order valence-corrected chi connectivity index (χ2v) is 6.06. The molecule has 2 rings (SSSR count). The molecule has 1 aromatic carbocycles. The number of amides is 1. The predicted molar refractivity (Wildman–Crippen MR) is 95.9 cm³/mol. The van der Waals surface area contributed by atoms with Crippen molar-refractivity contribution in [3.8, 4) is 5.75 Å². The average Bonchev–Trinajstić information content (AvgIpc) is 3.13. The molecule has 3 N–H and O–H groups in total. The van der Waals surface area contributed by atoms with Gasteiger partial charge in [-0.25, -0.2) is 0 Å². The molecule has 0 spiro atoms. The maximum absolute atomic E-state index is 12.2. The van der Waals surface area contributed by atoms with Crippen LogP contribution in [0.2, 0.25) is 0 Å². The van der Waals surface area contributed by atoms with Crippen LogP contribution in [0.4, 0.5) is 11.4 Å². The fraction of sp³-hybridized carbons (Fsp3) is 0.529. The highest BCUT2D eigenvalue weighted by Crippen LogP contribution is 2.29. The van der Waals surface area contributed by atoms with Gasteiger partial charge in [0.05, 0.1) is 30.1 Å². The lowest BCUT2D eigenvalue weighted by Crippen LogP contribution is -2.43. The quantitative estimate of drug-likeness (QED) is 0.409. The minimum atomic E-state index is -1.18. The number of nitrogens with one attached hydrogen (secondary N) is 2. The first-order valence-corrected chi connectivity index (χ1v) is 8.69. The van der Waals surface area contributed by atoms with Gasteiger partial charge in [-0.3, -0.25) is 19.7 Å². The summed E-state index contributed by atoms with van der Waals surface area (Å²) in [5.74, 6) is -1.51. The molecule has 1 saturated heterocycles. The van der Waals surface area contributed by atoms with E-state index < -0.39 is 22.8 Å². The monoisotopic (exact) mass is 381 g/mol. The molecule has 0 bridgehead atoms. The Morgan fingerprint density at radius 1 is 1.48 bits per heavy atom. The summed E-state index contributed by atoms with van der Waals surface area (Å²) in [6, 6.07) is 2.95. The van der Waals surface area contributed by atoms with Crippen molar-refractivity contribution in [1.82, 2.24) is 5.32 Å². The molecule has 148 valence electrons. The van der Waals surface area contributed by atoms with Crippen molar-refractivity contribution in [3.05, 3.63) is 28.3 Å². The van der Waals surface area contributed by atoms with E-state index >= 15 is 0 Å². The molecule has 1 aliphatic heterocycles. The predicted octanol–water partition coefficient (Wildman–Crippen LogP) is 1.54. The van der Waals surface area contributed by atoms with E-state index in [0.717, 1.165) is 12.8 Å². The van der Waals surface area contributed by atoms with Gasteiger partial charge in [0.15, 0.2) is 0 Å². The van der Waals surface area contributed by atoms with Crippen LogP contribution in [0.5, 0.6) is 5.75 Å². The van der Waals surface area contributed by atoms with E-state index in [1.54, 1.807) is 6.92 Å². The second kappa shape index (κ2) is 9.83. The zero-order valence-corrected chi connectivity index (χ0v) is 15.0. The van der Waals surface area contributed by atoms with Crippen LogP contribution in [0.15, 0.2) is 18.2 Å².